The second-order valence-electron chi connectivity index (χ2n) is 8.55. The number of amidine groups is 1. The molecule has 0 aromatic heterocycles. The number of halogens is 3. The maximum absolute atomic E-state index is 12.5. The molecule has 0 amide bonds. The lowest BCUT2D eigenvalue weighted by molar-refractivity contribution is -0.139. The zero-order chi connectivity index (χ0) is 22.2. The minimum atomic E-state index is -4.26. The Morgan fingerprint density at radius 3 is 2.37 bits per heavy atom. The van der Waals surface area contributed by atoms with Crippen molar-refractivity contribution < 1.29 is 22.6 Å². The van der Waals surface area contributed by atoms with Crippen molar-refractivity contribution in [2.45, 2.75) is 70.8 Å². The Labute approximate surface area is 175 Å². The van der Waals surface area contributed by atoms with Crippen molar-refractivity contribution in [1.29, 1.82) is 0 Å². The molecule has 1 aromatic carbocycles. The van der Waals surface area contributed by atoms with Gasteiger partial charge in [0.15, 0.2) is 5.66 Å². The first-order chi connectivity index (χ1) is 14.0. The van der Waals surface area contributed by atoms with Crippen LogP contribution in [0.3, 0.4) is 0 Å². The third-order valence-electron chi connectivity index (χ3n) is 6.43. The fourth-order valence-corrected chi connectivity index (χ4v) is 4.46. The minimum absolute atomic E-state index is 0.209. The number of hydrogen-bond donors (Lipinski definition) is 1. The Morgan fingerprint density at radius 2 is 1.83 bits per heavy atom. The summed E-state index contributed by atoms with van der Waals surface area (Å²) < 4.78 is 48.5. The monoisotopic (exact) mass is 425 g/mol. The van der Waals surface area contributed by atoms with Crippen molar-refractivity contribution >= 4 is 11.5 Å². The highest BCUT2D eigenvalue weighted by molar-refractivity contribution is 6.41. The largest absolute Gasteiger partial charge is 0.493 e. The van der Waals surface area contributed by atoms with Gasteiger partial charge in [-0.15, -0.1) is 0 Å². The van der Waals surface area contributed by atoms with Gasteiger partial charge in [-0.3, -0.25) is 4.99 Å². The van der Waals surface area contributed by atoms with E-state index in [2.05, 4.69) is 6.92 Å². The lowest BCUT2D eigenvalue weighted by Gasteiger charge is -2.47. The van der Waals surface area contributed by atoms with Crippen molar-refractivity contribution in [1.82, 2.24) is 0 Å². The fourth-order valence-electron chi connectivity index (χ4n) is 4.46. The first-order valence-electron chi connectivity index (χ1n) is 10.3. The molecule has 0 saturated heterocycles. The molecule has 0 bridgehead atoms. The summed E-state index contributed by atoms with van der Waals surface area (Å²) in [6.45, 7) is 5.52. The standard InChI is InChI=1S/C22H30F3N3O2/c1-14-5-6-17(30-12-11-21(23,24)25)13-18(14)22(27-15(2)19(26)28-22)20(3)9-7-16(29-4)8-10-20/h5-6,13,16H,7-12H2,1-4H3,(H2,26,28). The van der Waals surface area contributed by atoms with Crippen molar-refractivity contribution in [3.8, 4) is 5.75 Å². The molecule has 3 rings (SSSR count). The van der Waals surface area contributed by atoms with Crippen molar-refractivity contribution in [3.05, 3.63) is 29.3 Å². The number of aryl methyl sites for hydroxylation is 1. The predicted octanol–water partition coefficient (Wildman–Crippen LogP) is 4.91. The minimum Gasteiger partial charge on any atom is -0.493 e. The summed E-state index contributed by atoms with van der Waals surface area (Å²) >= 11 is 0. The Kier molecular flexibility index (Phi) is 6.18. The van der Waals surface area contributed by atoms with Gasteiger partial charge in [0.1, 0.15) is 11.6 Å². The number of alkyl halides is 3. The zero-order valence-corrected chi connectivity index (χ0v) is 18.0. The topological polar surface area (TPSA) is 69.2 Å². The van der Waals surface area contributed by atoms with Crippen LogP contribution in [0.25, 0.3) is 0 Å². The third kappa shape index (κ3) is 4.33. The maximum atomic E-state index is 12.5. The molecule has 2 aliphatic rings. The molecule has 5 nitrogen and oxygen atoms in total. The predicted molar refractivity (Wildman–Crippen MR) is 111 cm³/mol. The Morgan fingerprint density at radius 1 is 1.17 bits per heavy atom. The van der Waals surface area contributed by atoms with E-state index >= 15 is 0 Å². The SMILES string of the molecule is COC1CCC(C)(C2(c3cc(OCCC(F)(F)F)ccc3C)N=C(C)C(N)=N2)CC1. The summed E-state index contributed by atoms with van der Waals surface area (Å²) in [5.41, 5.74) is 7.38. The van der Waals surface area contributed by atoms with Gasteiger partial charge in [0.2, 0.25) is 0 Å². The van der Waals surface area contributed by atoms with Gasteiger partial charge in [0, 0.05) is 18.1 Å². The molecule has 1 aliphatic heterocycles. The van der Waals surface area contributed by atoms with Crippen LogP contribution >= 0.6 is 0 Å². The summed E-state index contributed by atoms with van der Waals surface area (Å²) in [6, 6.07) is 5.31. The Hall–Kier alpha value is -2.09. The highest BCUT2D eigenvalue weighted by Crippen LogP contribution is 2.55. The normalized spacial score (nSPS) is 29.5. The summed E-state index contributed by atoms with van der Waals surface area (Å²) in [5.74, 6) is 0.773. The van der Waals surface area contributed by atoms with Gasteiger partial charge < -0.3 is 15.2 Å². The molecule has 1 unspecified atom stereocenters. The lowest BCUT2D eigenvalue weighted by atomic mass is 9.64. The number of aliphatic imine (C=N–C) groups is 2. The molecule has 1 fully saturated rings. The van der Waals surface area contributed by atoms with Crippen LogP contribution in [0.5, 0.6) is 5.75 Å². The van der Waals surface area contributed by atoms with Crippen LogP contribution in [0.15, 0.2) is 28.2 Å². The molecule has 166 valence electrons. The molecule has 1 aromatic rings. The summed E-state index contributed by atoms with van der Waals surface area (Å²) in [7, 11) is 1.73. The summed E-state index contributed by atoms with van der Waals surface area (Å²) in [5, 5.41) is 0. The number of benzene rings is 1. The van der Waals surface area contributed by atoms with Crippen LogP contribution in [-0.2, 0) is 10.4 Å². The van der Waals surface area contributed by atoms with Gasteiger partial charge in [-0.05, 0) is 57.2 Å². The Balaban J connectivity index is 1.99. The van der Waals surface area contributed by atoms with Gasteiger partial charge in [0.25, 0.3) is 0 Å². The van der Waals surface area contributed by atoms with Crippen LogP contribution in [0.2, 0.25) is 0 Å². The smallest absolute Gasteiger partial charge is 0.392 e. The van der Waals surface area contributed by atoms with E-state index in [0.717, 1.165) is 36.8 Å². The third-order valence-corrected chi connectivity index (χ3v) is 6.43. The van der Waals surface area contributed by atoms with Gasteiger partial charge in [-0.25, -0.2) is 4.99 Å². The second kappa shape index (κ2) is 8.21. The van der Waals surface area contributed by atoms with Gasteiger partial charge in [-0.2, -0.15) is 13.2 Å². The number of methoxy groups -OCH3 is 1. The molecule has 1 saturated carbocycles. The molecule has 0 radical (unpaired) electrons. The quantitative estimate of drug-likeness (QED) is 0.704. The Bertz CT molecular complexity index is 823. The van der Waals surface area contributed by atoms with Gasteiger partial charge in [0.05, 0.1) is 24.8 Å². The second-order valence-corrected chi connectivity index (χ2v) is 8.55. The van der Waals surface area contributed by atoms with E-state index in [1.54, 1.807) is 19.2 Å². The highest BCUT2D eigenvalue weighted by atomic mass is 19.4. The van der Waals surface area contributed by atoms with E-state index in [1.807, 2.05) is 19.9 Å². The molecule has 1 heterocycles. The molecule has 2 N–H and O–H groups in total. The molecular formula is C22H30F3N3O2. The van der Waals surface area contributed by atoms with E-state index in [1.165, 1.54) is 0 Å². The molecule has 8 heteroatoms. The zero-order valence-electron chi connectivity index (χ0n) is 18.0. The molecule has 0 spiro atoms. The average Bonchev–Trinajstić information content (AvgIpc) is 2.99. The van der Waals surface area contributed by atoms with Crippen LogP contribution in [0.1, 0.15) is 57.1 Å². The van der Waals surface area contributed by atoms with E-state index in [-0.39, 0.29) is 11.5 Å². The molecule has 30 heavy (non-hydrogen) atoms. The van der Waals surface area contributed by atoms with Crippen molar-refractivity contribution in [2.24, 2.45) is 21.1 Å². The summed E-state index contributed by atoms with van der Waals surface area (Å²) in [4.78, 5) is 9.80. The van der Waals surface area contributed by atoms with Crippen LogP contribution < -0.4 is 10.5 Å². The van der Waals surface area contributed by atoms with E-state index in [4.69, 9.17) is 25.2 Å². The van der Waals surface area contributed by atoms with E-state index < -0.39 is 24.9 Å². The maximum Gasteiger partial charge on any atom is 0.392 e. The molecular weight excluding hydrogens is 395 g/mol. The van der Waals surface area contributed by atoms with Gasteiger partial charge in [-0.1, -0.05) is 13.0 Å². The first kappa shape index (κ1) is 22.6. The first-order valence-corrected chi connectivity index (χ1v) is 10.3. The van der Waals surface area contributed by atoms with Crippen LogP contribution in [0, 0.1) is 12.3 Å². The molecule has 1 aliphatic carbocycles. The van der Waals surface area contributed by atoms with Gasteiger partial charge >= 0.3 is 6.18 Å². The molecule has 1 atom stereocenters. The van der Waals surface area contributed by atoms with E-state index in [9.17, 15) is 13.2 Å². The highest BCUT2D eigenvalue weighted by Gasteiger charge is 2.54. The number of ether oxygens (including phenoxy) is 2. The van der Waals surface area contributed by atoms with Crippen LogP contribution in [0.4, 0.5) is 13.2 Å². The number of rotatable bonds is 6. The van der Waals surface area contributed by atoms with Crippen LogP contribution in [-0.4, -0.2) is 37.5 Å². The summed E-state index contributed by atoms with van der Waals surface area (Å²) in [6.07, 6.45) is -1.58. The number of nitrogens with zero attached hydrogens (tertiary/aromatic N) is 2. The average molecular weight is 425 g/mol. The van der Waals surface area contributed by atoms with Crippen molar-refractivity contribution in [3.63, 3.8) is 0 Å². The fraction of sp³-hybridized carbons (Fsp3) is 0.636. The number of nitrogens with two attached hydrogens (primary N) is 1. The number of hydrogen-bond acceptors (Lipinski definition) is 5. The van der Waals surface area contributed by atoms with E-state index in [0.29, 0.717) is 17.3 Å². The van der Waals surface area contributed by atoms with Crippen molar-refractivity contribution in [2.75, 3.05) is 13.7 Å². The lowest BCUT2D eigenvalue weighted by Crippen LogP contribution is -2.44.